The van der Waals surface area contributed by atoms with Gasteiger partial charge in [-0.3, -0.25) is 0 Å². The summed E-state index contributed by atoms with van der Waals surface area (Å²) in [6.07, 6.45) is 3.95. The van der Waals surface area contributed by atoms with E-state index in [9.17, 15) is 4.79 Å². The summed E-state index contributed by atoms with van der Waals surface area (Å²) >= 11 is 0. The zero-order valence-corrected chi connectivity index (χ0v) is 11.1. The largest absolute Gasteiger partial charge is 0.461 e. The van der Waals surface area contributed by atoms with Crippen LogP contribution in [0, 0.1) is 0 Å². The zero-order chi connectivity index (χ0) is 12.4. The molecular weight excluding hydrogens is 202 g/mol. The van der Waals surface area contributed by atoms with Crippen LogP contribution in [0.4, 0.5) is 0 Å². The topological polar surface area (TPSA) is 29.5 Å². The number of hydrogen-bond acceptors (Lipinski definition) is 3. The van der Waals surface area contributed by atoms with Crippen molar-refractivity contribution in [3.63, 3.8) is 0 Å². The van der Waals surface area contributed by atoms with E-state index in [1.807, 2.05) is 13.0 Å². The monoisotopic (exact) mass is 227 g/mol. The van der Waals surface area contributed by atoms with Gasteiger partial charge < -0.3 is 9.64 Å². The third-order valence-electron chi connectivity index (χ3n) is 2.60. The van der Waals surface area contributed by atoms with E-state index < -0.39 is 0 Å². The van der Waals surface area contributed by atoms with E-state index in [0.717, 1.165) is 38.0 Å². The first-order valence-corrected chi connectivity index (χ1v) is 6.21. The first-order valence-electron chi connectivity index (χ1n) is 6.21. The second kappa shape index (κ2) is 9.40. The molecule has 0 bridgehead atoms. The van der Waals surface area contributed by atoms with E-state index in [1.54, 1.807) is 0 Å². The van der Waals surface area contributed by atoms with Crippen LogP contribution in [-0.2, 0) is 9.53 Å². The second-order valence-corrected chi connectivity index (χ2v) is 3.84. The van der Waals surface area contributed by atoms with E-state index in [2.05, 4.69) is 25.7 Å². The highest BCUT2D eigenvalue weighted by atomic mass is 16.5. The number of carbonyl (C=O) groups is 1. The predicted octanol–water partition coefficient (Wildman–Crippen LogP) is 2.62. The lowest BCUT2D eigenvalue weighted by molar-refractivity contribution is -0.139. The van der Waals surface area contributed by atoms with Gasteiger partial charge in [-0.2, -0.15) is 0 Å². The molecular formula is C13H25NO2. The number of ether oxygens (including phenoxy) is 1. The Morgan fingerprint density at radius 2 is 1.88 bits per heavy atom. The zero-order valence-electron chi connectivity index (χ0n) is 11.1. The molecule has 0 amide bonds. The average molecular weight is 227 g/mol. The molecule has 0 fully saturated rings. The minimum absolute atomic E-state index is 0.180. The maximum Gasteiger partial charge on any atom is 0.333 e. The number of rotatable bonds is 8. The fourth-order valence-electron chi connectivity index (χ4n) is 1.37. The lowest BCUT2D eigenvalue weighted by Crippen LogP contribution is -2.28. The number of unbranched alkanes of at least 4 members (excludes halogenated alkanes) is 1. The van der Waals surface area contributed by atoms with Gasteiger partial charge in [-0.1, -0.05) is 33.3 Å². The maximum absolute atomic E-state index is 11.5. The predicted molar refractivity (Wildman–Crippen MR) is 67.4 cm³/mol. The van der Waals surface area contributed by atoms with Gasteiger partial charge in [-0.05, 0) is 26.4 Å². The molecule has 0 saturated carbocycles. The van der Waals surface area contributed by atoms with Crippen LogP contribution < -0.4 is 0 Å². The van der Waals surface area contributed by atoms with Gasteiger partial charge in [0.15, 0.2) is 0 Å². The SMILES string of the molecule is CCCC=C(C)C(=O)OCCN(CC)CC. The second-order valence-electron chi connectivity index (χ2n) is 3.84. The van der Waals surface area contributed by atoms with E-state index >= 15 is 0 Å². The number of likely N-dealkylation sites (N-methyl/N-ethyl adjacent to an activating group) is 1. The van der Waals surface area contributed by atoms with Crippen molar-refractivity contribution in [2.24, 2.45) is 0 Å². The van der Waals surface area contributed by atoms with Gasteiger partial charge in [0.2, 0.25) is 0 Å². The molecule has 0 saturated heterocycles. The highest BCUT2D eigenvalue weighted by Crippen LogP contribution is 2.01. The summed E-state index contributed by atoms with van der Waals surface area (Å²) in [5, 5.41) is 0. The van der Waals surface area contributed by atoms with Crippen molar-refractivity contribution in [3.05, 3.63) is 11.6 Å². The summed E-state index contributed by atoms with van der Waals surface area (Å²) in [5.74, 6) is -0.180. The first kappa shape index (κ1) is 15.2. The van der Waals surface area contributed by atoms with Crippen molar-refractivity contribution in [2.45, 2.75) is 40.5 Å². The third-order valence-corrected chi connectivity index (χ3v) is 2.60. The van der Waals surface area contributed by atoms with Crippen molar-refractivity contribution < 1.29 is 9.53 Å². The Morgan fingerprint density at radius 3 is 2.38 bits per heavy atom. The Kier molecular flexibility index (Phi) is 8.91. The summed E-state index contributed by atoms with van der Waals surface area (Å²) in [7, 11) is 0. The molecule has 0 aromatic rings. The summed E-state index contributed by atoms with van der Waals surface area (Å²) in [6, 6.07) is 0. The molecule has 0 aromatic heterocycles. The minimum atomic E-state index is -0.180. The lowest BCUT2D eigenvalue weighted by atomic mass is 10.2. The van der Waals surface area contributed by atoms with E-state index in [0.29, 0.717) is 6.61 Å². The van der Waals surface area contributed by atoms with Crippen LogP contribution in [0.5, 0.6) is 0 Å². The van der Waals surface area contributed by atoms with Gasteiger partial charge in [0, 0.05) is 12.1 Å². The molecule has 0 N–H and O–H groups in total. The van der Waals surface area contributed by atoms with E-state index in [1.165, 1.54) is 0 Å². The van der Waals surface area contributed by atoms with Crippen LogP contribution in [-0.4, -0.2) is 37.1 Å². The van der Waals surface area contributed by atoms with Crippen molar-refractivity contribution >= 4 is 5.97 Å². The molecule has 3 heteroatoms. The number of carbonyl (C=O) groups excluding carboxylic acids is 1. The fourth-order valence-corrected chi connectivity index (χ4v) is 1.37. The van der Waals surface area contributed by atoms with Crippen LogP contribution in [0.25, 0.3) is 0 Å². The van der Waals surface area contributed by atoms with Crippen LogP contribution in [0.1, 0.15) is 40.5 Å². The van der Waals surface area contributed by atoms with Gasteiger partial charge in [0.1, 0.15) is 6.61 Å². The molecule has 0 atom stereocenters. The highest BCUT2D eigenvalue weighted by molar-refractivity contribution is 5.87. The van der Waals surface area contributed by atoms with E-state index in [4.69, 9.17) is 4.74 Å². The Hall–Kier alpha value is -0.830. The summed E-state index contributed by atoms with van der Waals surface area (Å²) in [5.41, 5.74) is 0.724. The number of nitrogens with zero attached hydrogens (tertiary/aromatic N) is 1. The van der Waals surface area contributed by atoms with Crippen LogP contribution in [0.15, 0.2) is 11.6 Å². The molecule has 0 rings (SSSR count). The summed E-state index contributed by atoms with van der Waals surface area (Å²) in [4.78, 5) is 13.7. The van der Waals surface area contributed by atoms with Crippen LogP contribution in [0.2, 0.25) is 0 Å². The first-order chi connectivity index (χ1) is 7.65. The van der Waals surface area contributed by atoms with Gasteiger partial charge in [-0.15, -0.1) is 0 Å². The van der Waals surface area contributed by atoms with Crippen molar-refractivity contribution in [3.8, 4) is 0 Å². The molecule has 3 nitrogen and oxygen atoms in total. The van der Waals surface area contributed by atoms with Crippen LogP contribution in [0.3, 0.4) is 0 Å². The molecule has 0 unspecified atom stereocenters. The molecule has 16 heavy (non-hydrogen) atoms. The lowest BCUT2D eigenvalue weighted by Gasteiger charge is -2.17. The van der Waals surface area contributed by atoms with Gasteiger partial charge in [-0.25, -0.2) is 4.79 Å². The highest BCUT2D eigenvalue weighted by Gasteiger charge is 2.06. The molecule has 0 aliphatic carbocycles. The van der Waals surface area contributed by atoms with Crippen molar-refractivity contribution in [2.75, 3.05) is 26.2 Å². The molecule has 94 valence electrons. The standard InChI is InChI=1S/C13H25NO2/c1-5-8-9-12(4)13(15)16-11-10-14(6-2)7-3/h9H,5-8,10-11H2,1-4H3. The average Bonchev–Trinajstić information content (AvgIpc) is 2.31. The molecule has 0 spiro atoms. The van der Waals surface area contributed by atoms with Crippen LogP contribution >= 0.6 is 0 Å². The smallest absolute Gasteiger partial charge is 0.333 e. The number of hydrogen-bond donors (Lipinski definition) is 0. The Morgan fingerprint density at radius 1 is 1.25 bits per heavy atom. The van der Waals surface area contributed by atoms with Gasteiger partial charge >= 0.3 is 5.97 Å². The summed E-state index contributed by atoms with van der Waals surface area (Å²) < 4.78 is 5.19. The summed E-state index contributed by atoms with van der Waals surface area (Å²) in [6.45, 7) is 11.4. The van der Waals surface area contributed by atoms with Gasteiger partial charge in [0.25, 0.3) is 0 Å². The van der Waals surface area contributed by atoms with E-state index in [-0.39, 0.29) is 5.97 Å². The minimum Gasteiger partial charge on any atom is -0.461 e. The molecule has 0 heterocycles. The number of esters is 1. The third kappa shape index (κ3) is 6.62. The van der Waals surface area contributed by atoms with Crippen molar-refractivity contribution in [1.29, 1.82) is 0 Å². The molecule has 0 aliphatic heterocycles. The van der Waals surface area contributed by atoms with Crippen molar-refractivity contribution in [1.82, 2.24) is 4.90 Å². The quantitative estimate of drug-likeness (QED) is 0.471. The maximum atomic E-state index is 11.5. The molecule has 0 radical (unpaired) electrons. The normalized spacial score (nSPS) is 11.9. The number of allylic oxidation sites excluding steroid dienone is 1. The Bertz CT molecular complexity index is 220. The molecule has 0 aliphatic rings. The van der Waals surface area contributed by atoms with Gasteiger partial charge in [0.05, 0.1) is 0 Å². The Labute approximate surface area is 99.5 Å². The fraction of sp³-hybridized carbons (Fsp3) is 0.769. The Balaban J connectivity index is 3.80. The molecule has 0 aromatic carbocycles.